The first kappa shape index (κ1) is 19.6. The maximum absolute atomic E-state index is 11.7. The Balaban J connectivity index is 4.20. The van der Waals surface area contributed by atoms with E-state index in [1.165, 1.54) is 0 Å². The largest absolute Gasteiger partial charge is 0.347 e. The summed E-state index contributed by atoms with van der Waals surface area (Å²) in [6, 6.07) is 0. The van der Waals surface area contributed by atoms with Crippen LogP contribution in [-0.2, 0) is 9.59 Å². The third-order valence-electron chi connectivity index (χ3n) is 2.77. The van der Waals surface area contributed by atoms with Crippen LogP contribution in [-0.4, -0.2) is 31.1 Å². The number of rotatable bonds is 8. The van der Waals surface area contributed by atoms with Crippen LogP contribution in [0.5, 0.6) is 0 Å². The molecule has 2 amide bonds. The Kier molecular flexibility index (Phi) is 11.0. The number of hydrogen-bond acceptors (Lipinski definition) is 3. The van der Waals surface area contributed by atoms with Gasteiger partial charge in [0.2, 0.25) is 0 Å². The first-order valence-electron chi connectivity index (χ1n) is 7.23. The summed E-state index contributed by atoms with van der Waals surface area (Å²) in [6.45, 7) is 9.82. The zero-order valence-electron chi connectivity index (χ0n) is 13.6. The number of carbonyl (C=O) groups is 2. The van der Waals surface area contributed by atoms with Crippen molar-refractivity contribution in [1.29, 1.82) is 0 Å². The Morgan fingerprint density at radius 2 is 1.77 bits per heavy atom. The Morgan fingerprint density at radius 3 is 2.32 bits per heavy atom. The van der Waals surface area contributed by atoms with Gasteiger partial charge < -0.3 is 10.6 Å². The highest BCUT2D eigenvalue weighted by Gasteiger charge is 2.12. The van der Waals surface area contributed by atoms with Crippen molar-refractivity contribution in [2.45, 2.75) is 27.2 Å². The van der Waals surface area contributed by atoms with Gasteiger partial charge >= 0.3 is 11.8 Å². The average Bonchev–Trinajstić information content (AvgIpc) is 2.53. The maximum Gasteiger partial charge on any atom is 0.309 e. The lowest BCUT2D eigenvalue weighted by molar-refractivity contribution is -0.139. The average molecular weight is 303 g/mol. The lowest BCUT2D eigenvalue weighted by Gasteiger charge is -2.07. The van der Waals surface area contributed by atoms with Crippen molar-refractivity contribution >= 4 is 18.0 Å². The van der Waals surface area contributed by atoms with E-state index in [1.54, 1.807) is 18.4 Å². The van der Waals surface area contributed by atoms with Gasteiger partial charge in [0.1, 0.15) is 0 Å². The molecule has 0 unspecified atom stereocenters. The lowest BCUT2D eigenvalue weighted by atomic mass is 10.2. The highest BCUT2D eigenvalue weighted by molar-refractivity contribution is 6.35. The minimum absolute atomic E-state index is 0.299. The second-order valence-corrected chi connectivity index (χ2v) is 4.31. The van der Waals surface area contributed by atoms with Gasteiger partial charge in [0, 0.05) is 31.4 Å². The number of nitrogens with one attached hydrogen (secondary N) is 2. The predicted octanol–water partition coefficient (Wildman–Crippen LogP) is 2.29. The fraction of sp³-hybridized carbons (Fsp3) is 0.353. The van der Waals surface area contributed by atoms with Crippen molar-refractivity contribution in [1.82, 2.24) is 10.6 Å². The van der Waals surface area contributed by atoms with E-state index in [4.69, 9.17) is 0 Å². The standard InChI is InChI=1S/C17H25N3O2/c1-5-9-10-14(6-2)13-20-17(22)16(21)19-12-11-15(7-3)18-8-4/h5-10H,1,11-13H2,2-4H3,(H,19,21)(H,20,22)/b10-9-,14-6+,15-7-,18-8?. The van der Waals surface area contributed by atoms with Gasteiger partial charge in [-0.1, -0.05) is 37.0 Å². The Bertz CT molecular complexity index is 500. The molecule has 0 aliphatic rings. The number of amides is 2. The van der Waals surface area contributed by atoms with Gasteiger partial charge in [-0.3, -0.25) is 14.6 Å². The van der Waals surface area contributed by atoms with Gasteiger partial charge in [-0.2, -0.15) is 0 Å². The summed E-state index contributed by atoms with van der Waals surface area (Å²) in [4.78, 5) is 27.5. The van der Waals surface area contributed by atoms with Crippen LogP contribution in [0.25, 0.3) is 0 Å². The topological polar surface area (TPSA) is 70.6 Å². The van der Waals surface area contributed by atoms with E-state index < -0.39 is 11.8 Å². The molecule has 0 radical (unpaired) electrons. The second-order valence-electron chi connectivity index (χ2n) is 4.31. The second kappa shape index (κ2) is 12.3. The van der Waals surface area contributed by atoms with Crippen LogP contribution in [0.2, 0.25) is 0 Å². The molecular formula is C17H25N3O2. The van der Waals surface area contributed by atoms with Crippen molar-refractivity contribution in [2.75, 3.05) is 13.1 Å². The van der Waals surface area contributed by atoms with Crippen molar-refractivity contribution in [3.05, 3.63) is 48.2 Å². The molecule has 0 aliphatic carbocycles. The van der Waals surface area contributed by atoms with Gasteiger partial charge in [-0.15, -0.1) is 0 Å². The highest BCUT2D eigenvalue weighted by Crippen LogP contribution is 2.00. The fourth-order valence-electron chi connectivity index (χ4n) is 1.55. The van der Waals surface area contributed by atoms with E-state index in [1.807, 2.05) is 39.0 Å². The zero-order chi connectivity index (χ0) is 16.8. The zero-order valence-corrected chi connectivity index (χ0v) is 13.6. The number of aliphatic imine (C=N–C) groups is 1. The molecule has 120 valence electrons. The highest BCUT2D eigenvalue weighted by atomic mass is 16.2. The summed E-state index contributed by atoms with van der Waals surface area (Å²) in [6.07, 6.45) is 11.3. The van der Waals surface area contributed by atoms with Crippen molar-refractivity contribution in [3.8, 4) is 0 Å². The van der Waals surface area contributed by atoms with E-state index in [2.05, 4.69) is 22.2 Å². The Hall–Kier alpha value is -2.43. The maximum atomic E-state index is 11.7. The first-order valence-corrected chi connectivity index (χ1v) is 7.23. The molecule has 0 heterocycles. The molecule has 0 saturated carbocycles. The van der Waals surface area contributed by atoms with Crippen LogP contribution in [0.3, 0.4) is 0 Å². The quantitative estimate of drug-likeness (QED) is 0.410. The van der Waals surface area contributed by atoms with E-state index in [0.717, 1.165) is 11.3 Å². The van der Waals surface area contributed by atoms with Gasteiger partial charge in [-0.05, 0) is 26.3 Å². The summed E-state index contributed by atoms with van der Waals surface area (Å²) in [5.74, 6) is -1.29. The Morgan fingerprint density at radius 1 is 1.09 bits per heavy atom. The number of hydrogen-bond donors (Lipinski definition) is 2. The lowest BCUT2D eigenvalue weighted by Crippen LogP contribution is -2.40. The van der Waals surface area contributed by atoms with Crippen LogP contribution in [0, 0.1) is 0 Å². The molecule has 0 fully saturated rings. The van der Waals surface area contributed by atoms with Crippen molar-refractivity contribution in [3.63, 3.8) is 0 Å². The van der Waals surface area contributed by atoms with E-state index in [9.17, 15) is 9.59 Å². The number of allylic oxidation sites excluding steroid dienone is 4. The fourth-order valence-corrected chi connectivity index (χ4v) is 1.55. The molecule has 0 rings (SSSR count). The monoisotopic (exact) mass is 303 g/mol. The molecule has 0 atom stereocenters. The normalized spacial score (nSPS) is 12.7. The van der Waals surface area contributed by atoms with E-state index in [0.29, 0.717) is 19.5 Å². The van der Waals surface area contributed by atoms with E-state index >= 15 is 0 Å². The van der Waals surface area contributed by atoms with Gasteiger partial charge in [0.15, 0.2) is 0 Å². The summed E-state index contributed by atoms with van der Waals surface area (Å²) in [7, 11) is 0. The van der Waals surface area contributed by atoms with Crippen molar-refractivity contribution < 1.29 is 9.59 Å². The van der Waals surface area contributed by atoms with Crippen LogP contribution < -0.4 is 10.6 Å². The molecule has 0 aliphatic heterocycles. The van der Waals surface area contributed by atoms with Gasteiger partial charge in [0.25, 0.3) is 0 Å². The predicted molar refractivity (Wildman–Crippen MR) is 91.7 cm³/mol. The minimum atomic E-state index is -0.646. The smallest absolute Gasteiger partial charge is 0.309 e. The van der Waals surface area contributed by atoms with Gasteiger partial charge in [-0.25, -0.2) is 0 Å². The SMILES string of the molecule is C=C/C=C\C(=C/C)CNC(=O)C(=O)NCC/C(=C/C)N=CC. The molecule has 0 saturated heterocycles. The first-order chi connectivity index (χ1) is 10.6. The van der Waals surface area contributed by atoms with Crippen LogP contribution in [0.1, 0.15) is 27.2 Å². The van der Waals surface area contributed by atoms with Crippen molar-refractivity contribution in [2.24, 2.45) is 4.99 Å². The molecule has 0 aromatic rings. The molecule has 0 spiro atoms. The van der Waals surface area contributed by atoms with Gasteiger partial charge in [0.05, 0.1) is 0 Å². The molecule has 0 bridgehead atoms. The third kappa shape index (κ3) is 8.68. The Labute approximate surface area is 132 Å². The molecule has 2 N–H and O–H groups in total. The van der Waals surface area contributed by atoms with E-state index in [-0.39, 0.29) is 0 Å². The summed E-state index contributed by atoms with van der Waals surface area (Å²) in [5, 5.41) is 5.14. The third-order valence-corrected chi connectivity index (χ3v) is 2.77. The summed E-state index contributed by atoms with van der Waals surface area (Å²) < 4.78 is 0. The molecule has 5 nitrogen and oxygen atoms in total. The molecular weight excluding hydrogens is 278 g/mol. The molecule has 0 aromatic heterocycles. The van der Waals surface area contributed by atoms with Crippen LogP contribution >= 0.6 is 0 Å². The van der Waals surface area contributed by atoms with Crippen LogP contribution in [0.4, 0.5) is 0 Å². The van der Waals surface area contributed by atoms with Crippen LogP contribution in [0.15, 0.2) is 53.2 Å². The minimum Gasteiger partial charge on any atom is -0.347 e. The number of nitrogens with zero attached hydrogens (tertiary/aromatic N) is 1. The summed E-state index contributed by atoms with van der Waals surface area (Å²) >= 11 is 0. The molecule has 22 heavy (non-hydrogen) atoms. The summed E-state index contributed by atoms with van der Waals surface area (Å²) in [5.41, 5.74) is 1.77. The molecule has 5 heteroatoms. The molecule has 0 aromatic carbocycles. The number of carbonyl (C=O) groups excluding carboxylic acids is 2.